The lowest BCUT2D eigenvalue weighted by Crippen LogP contribution is -2.26. The summed E-state index contributed by atoms with van der Waals surface area (Å²) in [5.74, 6) is 0.843. The summed E-state index contributed by atoms with van der Waals surface area (Å²) in [6.45, 7) is 0.711. The number of methoxy groups -OCH3 is 1. The van der Waals surface area contributed by atoms with E-state index in [-0.39, 0.29) is 6.04 Å². The average molecular weight is 330 g/mol. The molecular weight excluding hydrogens is 310 g/mol. The molecule has 4 nitrogen and oxygen atoms in total. The molecule has 2 rings (SSSR count). The Hall–Kier alpha value is -2.22. The molecule has 1 atom stereocenters. The van der Waals surface area contributed by atoms with Gasteiger partial charge in [0.1, 0.15) is 11.8 Å². The summed E-state index contributed by atoms with van der Waals surface area (Å²) in [5.41, 5.74) is 2.54. The minimum absolute atomic E-state index is 0.180. The van der Waals surface area contributed by atoms with Crippen molar-refractivity contribution in [3.63, 3.8) is 0 Å². The Balaban J connectivity index is 2.14. The van der Waals surface area contributed by atoms with E-state index in [4.69, 9.17) is 21.6 Å². The minimum Gasteiger partial charge on any atom is -0.497 e. The van der Waals surface area contributed by atoms with Crippen LogP contribution in [0.5, 0.6) is 5.75 Å². The third-order valence-electron chi connectivity index (χ3n) is 3.69. The summed E-state index contributed by atoms with van der Waals surface area (Å²) in [7, 11) is 5.75. The predicted molar refractivity (Wildman–Crippen MR) is 94.1 cm³/mol. The van der Waals surface area contributed by atoms with Crippen LogP contribution in [0.25, 0.3) is 0 Å². The van der Waals surface area contributed by atoms with Crippen LogP contribution < -0.4 is 10.1 Å². The topological polar surface area (TPSA) is 48.3 Å². The van der Waals surface area contributed by atoms with Gasteiger partial charge in [-0.1, -0.05) is 23.7 Å². The van der Waals surface area contributed by atoms with Crippen molar-refractivity contribution in [2.45, 2.75) is 6.04 Å². The largest absolute Gasteiger partial charge is 0.497 e. The number of anilines is 1. The third-order valence-corrected chi connectivity index (χ3v) is 4.00. The molecule has 0 radical (unpaired) electrons. The van der Waals surface area contributed by atoms with Gasteiger partial charge in [-0.3, -0.25) is 0 Å². The lowest BCUT2D eigenvalue weighted by molar-refractivity contribution is 0.310. The Morgan fingerprint density at radius 2 is 2.04 bits per heavy atom. The highest BCUT2D eigenvalue weighted by Gasteiger charge is 2.15. The van der Waals surface area contributed by atoms with Crippen LogP contribution in [-0.4, -0.2) is 32.6 Å². The summed E-state index contributed by atoms with van der Waals surface area (Å²) in [4.78, 5) is 2.15. The van der Waals surface area contributed by atoms with Gasteiger partial charge in [0.25, 0.3) is 0 Å². The van der Waals surface area contributed by atoms with E-state index in [1.54, 1.807) is 19.2 Å². The van der Waals surface area contributed by atoms with Gasteiger partial charge in [0.05, 0.1) is 23.7 Å². The fourth-order valence-electron chi connectivity index (χ4n) is 2.38. The van der Waals surface area contributed by atoms with Crippen LogP contribution in [-0.2, 0) is 0 Å². The highest BCUT2D eigenvalue weighted by atomic mass is 35.5. The van der Waals surface area contributed by atoms with Crippen LogP contribution in [0, 0.1) is 11.3 Å². The van der Waals surface area contributed by atoms with Crippen LogP contribution in [0.2, 0.25) is 5.02 Å². The molecule has 120 valence electrons. The molecule has 0 unspecified atom stereocenters. The molecule has 1 N–H and O–H groups in total. The Morgan fingerprint density at radius 3 is 2.65 bits per heavy atom. The Kier molecular flexibility index (Phi) is 5.86. The number of nitrogens with zero attached hydrogens (tertiary/aromatic N) is 2. The molecule has 0 fully saturated rings. The molecule has 0 saturated heterocycles. The molecule has 0 aliphatic rings. The first-order valence-corrected chi connectivity index (χ1v) is 7.67. The van der Waals surface area contributed by atoms with Crippen molar-refractivity contribution in [3.05, 3.63) is 58.6 Å². The highest BCUT2D eigenvalue weighted by molar-refractivity contribution is 6.32. The van der Waals surface area contributed by atoms with E-state index in [0.29, 0.717) is 17.1 Å². The molecule has 0 aliphatic carbocycles. The quantitative estimate of drug-likeness (QED) is 0.872. The maximum atomic E-state index is 8.92. The summed E-state index contributed by atoms with van der Waals surface area (Å²) >= 11 is 6.07. The molecular formula is C18H20ClN3O. The first kappa shape index (κ1) is 17.1. The molecule has 23 heavy (non-hydrogen) atoms. The number of benzene rings is 2. The summed E-state index contributed by atoms with van der Waals surface area (Å²) in [6, 6.07) is 15.7. The van der Waals surface area contributed by atoms with Gasteiger partial charge < -0.3 is 15.0 Å². The highest BCUT2D eigenvalue weighted by Crippen LogP contribution is 2.25. The molecule has 2 aromatic carbocycles. The standard InChI is InChI=1S/C18H20ClN3O/c1-22(2)18(13-5-4-6-16(9-13)23-3)12-21-15-8-7-14(11-20)17(19)10-15/h4-10,18,21H,12H2,1-3H3/t18-/m1/s1. The van der Waals surface area contributed by atoms with Gasteiger partial charge in [-0.25, -0.2) is 0 Å². The molecule has 5 heteroatoms. The number of likely N-dealkylation sites (N-methyl/N-ethyl adjacent to an activating group) is 1. The Morgan fingerprint density at radius 1 is 1.26 bits per heavy atom. The maximum Gasteiger partial charge on any atom is 0.119 e. The van der Waals surface area contributed by atoms with Gasteiger partial charge in [-0.05, 0) is 50.0 Å². The van der Waals surface area contributed by atoms with E-state index in [0.717, 1.165) is 11.4 Å². The monoisotopic (exact) mass is 329 g/mol. The molecule has 0 bridgehead atoms. The fraction of sp³-hybridized carbons (Fsp3) is 0.278. The lowest BCUT2D eigenvalue weighted by atomic mass is 10.1. The molecule has 0 amide bonds. The van der Waals surface area contributed by atoms with Crippen molar-refractivity contribution in [3.8, 4) is 11.8 Å². The Labute approximate surface area is 142 Å². The number of ether oxygens (including phenoxy) is 1. The molecule has 0 saturated carbocycles. The second-order valence-electron chi connectivity index (χ2n) is 5.44. The predicted octanol–water partition coefficient (Wildman–Crippen LogP) is 3.94. The average Bonchev–Trinajstić information content (AvgIpc) is 2.55. The minimum atomic E-state index is 0.180. The smallest absolute Gasteiger partial charge is 0.119 e. The molecule has 0 aromatic heterocycles. The summed E-state index contributed by atoms with van der Waals surface area (Å²) < 4.78 is 5.30. The van der Waals surface area contributed by atoms with Crippen molar-refractivity contribution in [2.24, 2.45) is 0 Å². The van der Waals surface area contributed by atoms with Crippen molar-refractivity contribution in [1.29, 1.82) is 5.26 Å². The third kappa shape index (κ3) is 4.38. The van der Waals surface area contributed by atoms with Crippen LogP contribution in [0.1, 0.15) is 17.2 Å². The number of halogens is 1. The normalized spacial score (nSPS) is 11.8. The SMILES string of the molecule is COc1cccc([C@@H](CNc2ccc(C#N)c(Cl)c2)N(C)C)c1. The molecule has 0 heterocycles. The maximum absolute atomic E-state index is 8.92. The van der Waals surface area contributed by atoms with Gasteiger partial charge in [0, 0.05) is 12.2 Å². The zero-order chi connectivity index (χ0) is 16.8. The lowest BCUT2D eigenvalue weighted by Gasteiger charge is -2.26. The van der Waals surface area contributed by atoms with Gasteiger partial charge in [0.2, 0.25) is 0 Å². The number of nitriles is 1. The molecule has 2 aromatic rings. The summed E-state index contributed by atoms with van der Waals surface area (Å²) in [5, 5.41) is 12.8. The van der Waals surface area contributed by atoms with Crippen LogP contribution in [0.3, 0.4) is 0 Å². The summed E-state index contributed by atoms with van der Waals surface area (Å²) in [6.07, 6.45) is 0. The van der Waals surface area contributed by atoms with E-state index >= 15 is 0 Å². The Bertz CT molecular complexity index is 710. The molecule has 0 spiro atoms. The van der Waals surface area contributed by atoms with Gasteiger partial charge >= 0.3 is 0 Å². The van der Waals surface area contributed by atoms with Gasteiger partial charge in [0.15, 0.2) is 0 Å². The zero-order valence-electron chi connectivity index (χ0n) is 13.5. The number of nitrogens with one attached hydrogen (secondary N) is 1. The van der Waals surface area contributed by atoms with E-state index in [1.807, 2.05) is 38.4 Å². The van der Waals surface area contributed by atoms with E-state index in [2.05, 4.69) is 22.4 Å². The first-order chi connectivity index (χ1) is 11.0. The van der Waals surface area contributed by atoms with E-state index < -0.39 is 0 Å². The second kappa shape index (κ2) is 7.87. The van der Waals surface area contributed by atoms with Gasteiger partial charge in [-0.15, -0.1) is 0 Å². The number of hydrogen-bond donors (Lipinski definition) is 1. The van der Waals surface area contributed by atoms with Crippen LogP contribution in [0.15, 0.2) is 42.5 Å². The van der Waals surface area contributed by atoms with Crippen molar-refractivity contribution in [2.75, 3.05) is 33.1 Å². The van der Waals surface area contributed by atoms with Crippen LogP contribution >= 0.6 is 11.6 Å². The van der Waals surface area contributed by atoms with Crippen molar-refractivity contribution < 1.29 is 4.74 Å². The fourth-order valence-corrected chi connectivity index (χ4v) is 2.60. The van der Waals surface area contributed by atoms with Crippen LogP contribution in [0.4, 0.5) is 5.69 Å². The zero-order valence-corrected chi connectivity index (χ0v) is 14.3. The number of hydrogen-bond acceptors (Lipinski definition) is 4. The van der Waals surface area contributed by atoms with Crippen molar-refractivity contribution in [1.82, 2.24) is 4.90 Å². The van der Waals surface area contributed by atoms with E-state index in [9.17, 15) is 0 Å². The van der Waals surface area contributed by atoms with Gasteiger partial charge in [-0.2, -0.15) is 5.26 Å². The number of rotatable bonds is 6. The van der Waals surface area contributed by atoms with E-state index in [1.165, 1.54) is 5.56 Å². The van der Waals surface area contributed by atoms with Crippen molar-refractivity contribution >= 4 is 17.3 Å². The first-order valence-electron chi connectivity index (χ1n) is 7.29. The second-order valence-corrected chi connectivity index (χ2v) is 5.85. The molecule has 0 aliphatic heterocycles.